The summed E-state index contributed by atoms with van der Waals surface area (Å²) in [4.78, 5) is 8.91. The highest BCUT2D eigenvalue weighted by molar-refractivity contribution is 9.10. The van der Waals surface area contributed by atoms with Crippen LogP contribution >= 0.6 is 15.9 Å². The lowest BCUT2D eigenvalue weighted by atomic mass is 10.1. The Hall–Kier alpha value is -1.25. The summed E-state index contributed by atoms with van der Waals surface area (Å²) in [5, 5.41) is 10.3. The lowest BCUT2D eigenvalue weighted by molar-refractivity contribution is -0.388. The van der Waals surface area contributed by atoms with E-state index >= 15 is 0 Å². The minimum absolute atomic E-state index is 0.198. The molecule has 1 aromatic carbocycles. The summed E-state index contributed by atoms with van der Waals surface area (Å²) < 4.78 is 61.8. The first kappa shape index (κ1) is 12.8. The molecule has 0 atom stereocenters. The molecule has 0 fully saturated rings. The number of alkyl halides is 3. The average Bonchev–Trinajstić information content (AvgIpc) is 1.97. The number of hydrogen-bond donors (Lipinski definition) is 0. The minimum Gasteiger partial charge on any atom is -0.258 e. The van der Waals surface area contributed by atoms with Gasteiger partial charge in [0.1, 0.15) is 15.9 Å². The molecule has 9 heteroatoms. The molecule has 0 heterocycles. The molecule has 0 aromatic heterocycles. The zero-order valence-electron chi connectivity index (χ0n) is 7.11. The molecule has 0 unspecified atom stereocenters. The predicted molar refractivity (Wildman–Crippen MR) is 45.7 cm³/mol. The first-order valence-corrected chi connectivity index (χ1v) is 4.34. The van der Waals surface area contributed by atoms with Crippen molar-refractivity contribution < 1.29 is 26.9 Å². The molecule has 0 aliphatic rings. The number of rotatable bonds is 1. The molecule has 0 spiro atoms. The van der Waals surface area contributed by atoms with Gasteiger partial charge in [-0.1, -0.05) is 0 Å². The smallest absolute Gasteiger partial charge is 0.258 e. The molecule has 0 saturated heterocycles. The van der Waals surface area contributed by atoms with Gasteiger partial charge in [-0.3, -0.25) is 10.1 Å². The van der Waals surface area contributed by atoms with Gasteiger partial charge in [-0.05, 0) is 22.0 Å². The Morgan fingerprint density at radius 2 is 1.81 bits per heavy atom. The van der Waals surface area contributed by atoms with Crippen LogP contribution in [0, 0.1) is 21.7 Å². The van der Waals surface area contributed by atoms with Crippen molar-refractivity contribution in [3.8, 4) is 0 Å². The number of benzene rings is 1. The molecule has 1 aromatic rings. The minimum atomic E-state index is -5.33. The second-order valence-corrected chi connectivity index (χ2v) is 3.49. The van der Waals surface area contributed by atoms with Gasteiger partial charge in [0.15, 0.2) is 0 Å². The molecule has 3 nitrogen and oxygen atoms in total. The molecule has 0 radical (unpaired) electrons. The summed E-state index contributed by atoms with van der Waals surface area (Å²) in [5.41, 5.74) is -3.73. The number of nitro groups is 1. The lowest BCUT2D eigenvalue weighted by Crippen LogP contribution is -2.13. The van der Waals surface area contributed by atoms with Gasteiger partial charge in [-0.15, -0.1) is 0 Å². The fourth-order valence-electron chi connectivity index (χ4n) is 1.01. The van der Waals surface area contributed by atoms with Crippen molar-refractivity contribution in [1.29, 1.82) is 0 Å². The third-order valence-electron chi connectivity index (χ3n) is 1.61. The van der Waals surface area contributed by atoms with E-state index in [0.29, 0.717) is 0 Å². The van der Waals surface area contributed by atoms with Gasteiger partial charge < -0.3 is 0 Å². The fourth-order valence-corrected chi connectivity index (χ4v) is 1.53. The highest BCUT2D eigenvalue weighted by Gasteiger charge is 2.42. The van der Waals surface area contributed by atoms with E-state index in [-0.39, 0.29) is 6.07 Å². The van der Waals surface area contributed by atoms with Crippen molar-refractivity contribution in [2.24, 2.45) is 0 Å². The Kier molecular flexibility index (Phi) is 3.17. The molecule has 0 saturated carbocycles. The Labute approximate surface area is 93.1 Å². The van der Waals surface area contributed by atoms with Crippen LogP contribution in [0.25, 0.3) is 0 Å². The molecule has 0 aliphatic heterocycles. The van der Waals surface area contributed by atoms with E-state index in [9.17, 15) is 32.1 Å². The molecule has 88 valence electrons. The van der Waals surface area contributed by atoms with Crippen molar-refractivity contribution in [2.45, 2.75) is 6.18 Å². The third kappa shape index (κ3) is 2.13. The van der Waals surface area contributed by atoms with Crippen LogP contribution in [0.2, 0.25) is 0 Å². The molecule has 0 N–H and O–H groups in total. The number of nitrogens with zero attached hydrogens (tertiary/aromatic N) is 1. The van der Waals surface area contributed by atoms with Crippen LogP contribution in [0.1, 0.15) is 5.56 Å². The predicted octanol–water partition coefficient (Wildman–Crippen LogP) is 3.65. The Morgan fingerprint density at radius 3 is 2.19 bits per heavy atom. The summed E-state index contributed by atoms with van der Waals surface area (Å²) in [6, 6.07) is 0.198. The van der Waals surface area contributed by atoms with E-state index in [2.05, 4.69) is 15.9 Å². The Balaban J connectivity index is 3.65. The van der Waals surface area contributed by atoms with E-state index in [4.69, 9.17) is 0 Å². The molecular formula is C7HBrF5NO2. The maximum atomic E-state index is 13.1. The quantitative estimate of drug-likeness (QED) is 0.451. The SMILES string of the molecule is O=[N+]([O-])c1c(Br)cc(F)c(C(F)(F)F)c1F. The van der Waals surface area contributed by atoms with Gasteiger partial charge in [0, 0.05) is 0 Å². The Morgan fingerprint density at radius 1 is 1.31 bits per heavy atom. The molecule has 0 amide bonds. The average molecular weight is 306 g/mol. The topological polar surface area (TPSA) is 43.1 Å². The zero-order chi connectivity index (χ0) is 12.7. The van der Waals surface area contributed by atoms with Crippen LogP contribution in [0.4, 0.5) is 27.6 Å². The van der Waals surface area contributed by atoms with E-state index in [0.717, 1.165) is 0 Å². The second kappa shape index (κ2) is 3.96. The van der Waals surface area contributed by atoms with Crippen LogP contribution in [0.15, 0.2) is 10.5 Å². The lowest BCUT2D eigenvalue weighted by Gasteiger charge is -2.09. The van der Waals surface area contributed by atoms with Gasteiger partial charge >= 0.3 is 11.9 Å². The van der Waals surface area contributed by atoms with Crippen LogP contribution in [-0.2, 0) is 6.18 Å². The van der Waals surface area contributed by atoms with Crippen LogP contribution in [0.3, 0.4) is 0 Å². The van der Waals surface area contributed by atoms with Gasteiger partial charge in [-0.25, -0.2) is 4.39 Å². The monoisotopic (exact) mass is 305 g/mol. The van der Waals surface area contributed by atoms with Gasteiger partial charge in [0.05, 0.1) is 4.92 Å². The van der Waals surface area contributed by atoms with Crippen LogP contribution in [0.5, 0.6) is 0 Å². The van der Waals surface area contributed by atoms with Crippen molar-refractivity contribution in [1.82, 2.24) is 0 Å². The van der Waals surface area contributed by atoms with Gasteiger partial charge in [0.25, 0.3) is 0 Å². The van der Waals surface area contributed by atoms with E-state index < -0.39 is 38.5 Å². The molecular weight excluding hydrogens is 305 g/mol. The molecule has 1 rings (SSSR count). The first-order valence-electron chi connectivity index (χ1n) is 3.55. The fraction of sp³-hybridized carbons (Fsp3) is 0.143. The van der Waals surface area contributed by atoms with Crippen molar-refractivity contribution in [3.63, 3.8) is 0 Å². The summed E-state index contributed by atoms with van der Waals surface area (Å²) in [7, 11) is 0. The van der Waals surface area contributed by atoms with E-state index in [1.54, 1.807) is 0 Å². The number of nitro benzene ring substituents is 1. The Bertz CT molecular complexity index is 459. The van der Waals surface area contributed by atoms with E-state index in [1.165, 1.54) is 0 Å². The first-order chi connectivity index (χ1) is 7.16. The summed E-state index contributed by atoms with van der Waals surface area (Å²) in [5.74, 6) is -4.16. The largest absolute Gasteiger partial charge is 0.422 e. The molecule has 16 heavy (non-hydrogen) atoms. The van der Waals surface area contributed by atoms with E-state index in [1.807, 2.05) is 0 Å². The summed E-state index contributed by atoms with van der Waals surface area (Å²) in [6.45, 7) is 0. The van der Waals surface area contributed by atoms with Crippen LogP contribution in [-0.4, -0.2) is 4.92 Å². The van der Waals surface area contributed by atoms with Crippen molar-refractivity contribution in [3.05, 3.63) is 37.9 Å². The third-order valence-corrected chi connectivity index (χ3v) is 2.22. The maximum Gasteiger partial charge on any atom is 0.422 e. The van der Waals surface area contributed by atoms with Gasteiger partial charge in [0.2, 0.25) is 5.82 Å². The molecule has 0 bridgehead atoms. The highest BCUT2D eigenvalue weighted by atomic mass is 79.9. The number of hydrogen-bond acceptors (Lipinski definition) is 2. The molecule has 0 aliphatic carbocycles. The zero-order valence-corrected chi connectivity index (χ0v) is 8.69. The summed E-state index contributed by atoms with van der Waals surface area (Å²) in [6.07, 6.45) is -5.33. The van der Waals surface area contributed by atoms with Crippen molar-refractivity contribution >= 4 is 21.6 Å². The maximum absolute atomic E-state index is 13.1. The second-order valence-electron chi connectivity index (χ2n) is 2.63. The number of halogens is 6. The standard InChI is InChI=1S/C7HBrF5NO2/c8-2-1-3(9)4(7(11,12)13)5(10)6(2)14(15)16/h1H. The van der Waals surface area contributed by atoms with Gasteiger partial charge in [-0.2, -0.15) is 17.6 Å². The highest BCUT2D eigenvalue weighted by Crippen LogP contribution is 2.40. The summed E-state index contributed by atoms with van der Waals surface area (Å²) >= 11 is 2.41. The van der Waals surface area contributed by atoms with Crippen LogP contribution < -0.4 is 0 Å². The van der Waals surface area contributed by atoms with Crippen molar-refractivity contribution in [2.75, 3.05) is 0 Å². The normalized spacial score (nSPS) is 11.6.